The Balaban J connectivity index is 1.60. The minimum absolute atomic E-state index is 0.0162. The van der Waals surface area contributed by atoms with Gasteiger partial charge in [-0.3, -0.25) is 4.90 Å². The number of aromatic hydroxyl groups is 1. The molecule has 1 fully saturated rings. The van der Waals surface area contributed by atoms with Crippen LogP contribution in [0, 0.1) is 0 Å². The van der Waals surface area contributed by atoms with Crippen LogP contribution in [0.3, 0.4) is 0 Å². The Morgan fingerprint density at radius 1 is 1.20 bits per heavy atom. The van der Waals surface area contributed by atoms with E-state index in [1.807, 2.05) is 6.07 Å². The Morgan fingerprint density at radius 2 is 2.00 bits per heavy atom. The molecule has 1 atom stereocenters. The lowest BCUT2D eigenvalue weighted by molar-refractivity contribution is 0.0690. The molecule has 0 bridgehead atoms. The fraction of sp³-hybridized carbons (Fsp3) is 0.300. The average molecular weight is 465 g/mol. The van der Waals surface area contributed by atoms with Crippen molar-refractivity contribution in [2.75, 3.05) is 13.1 Å². The van der Waals surface area contributed by atoms with Crippen LogP contribution in [0.15, 0.2) is 41.0 Å². The molecule has 10 heteroatoms. The van der Waals surface area contributed by atoms with Gasteiger partial charge < -0.3 is 14.6 Å². The Bertz CT molecular complexity index is 1180. The zero-order valence-corrected chi connectivity index (χ0v) is 18.0. The van der Waals surface area contributed by atoms with Gasteiger partial charge in [0, 0.05) is 23.1 Å². The largest absolute Gasteiger partial charge is 0.492 e. The van der Waals surface area contributed by atoms with E-state index in [0.29, 0.717) is 57.4 Å². The van der Waals surface area contributed by atoms with Gasteiger partial charge in [-0.15, -0.1) is 5.10 Å². The molecule has 1 saturated heterocycles. The van der Waals surface area contributed by atoms with Crippen molar-refractivity contribution >= 4 is 39.5 Å². The highest BCUT2D eigenvalue weighted by Gasteiger charge is 2.33. The molecule has 7 nitrogen and oxygen atoms in total. The molecular weight excluding hydrogens is 447 g/mol. The van der Waals surface area contributed by atoms with Crippen molar-refractivity contribution in [2.24, 2.45) is 0 Å². The summed E-state index contributed by atoms with van der Waals surface area (Å²) in [6.07, 6.45) is 2.56. The molecule has 0 saturated carbocycles. The van der Waals surface area contributed by atoms with Crippen LogP contribution in [0.4, 0.5) is 0 Å². The maximum atomic E-state index is 11.1. The molecule has 5 rings (SSSR count). The van der Waals surface area contributed by atoms with Gasteiger partial charge in [-0.25, -0.2) is 0 Å². The molecule has 0 radical (unpaired) electrons. The van der Waals surface area contributed by atoms with Crippen molar-refractivity contribution in [3.63, 3.8) is 0 Å². The van der Waals surface area contributed by atoms with E-state index < -0.39 is 0 Å². The average Bonchev–Trinajstić information content (AvgIpc) is 3.44. The lowest BCUT2D eigenvalue weighted by Gasteiger charge is -2.36. The van der Waals surface area contributed by atoms with E-state index >= 15 is 0 Å². The fourth-order valence-electron chi connectivity index (χ4n) is 3.81. The molecular formula is C20H18Cl2N4O3S. The zero-order valence-electron chi connectivity index (χ0n) is 15.7. The second-order valence-corrected chi connectivity index (χ2v) is 9.09. The molecule has 0 amide bonds. The number of fused-ring (bicyclic) bond motifs is 1. The highest BCUT2D eigenvalue weighted by atomic mass is 35.5. The molecule has 0 unspecified atom stereocenters. The van der Waals surface area contributed by atoms with Crippen LogP contribution in [0.5, 0.6) is 5.88 Å². The first-order valence-electron chi connectivity index (χ1n) is 9.50. The third-order valence-electron chi connectivity index (χ3n) is 5.31. The number of nitrogens with zero attached hydrogens (tertiary/aromatic N) is 4. The quantitative estimate of drug-likeness (QED) is 0.458. The highest BCUT2D eigenvalue weighted by molar-refractivity contribution is 7.17. The molecule has 1 aliphatic rings. The number of aromatic nitrogens is 3. The standard InChI is InChI=1S/C20H18Cl2N4O3S/c21-11-3-4-13(14(22)10-11)16(25-7-5-12(27)6-8-25)17-19(28)26-20(30-17)23-18(24-26)15-2-1-9-29-15/h1-4,9-10,12,16,27-28H,5-8H2/t16-/m1/s1. The molecule has 156 valence electrons. The number of aliphatic hydroxyl groups excluding tert-OH is 1. The Kier molecular flexibility index (Phi) is 5.20. The molecule has 0 aliphatic carbocycles. The van der Waals surface area contributed by atoms with E-state index in [1.54, 1.807) is 30.5 Å². The summed E-state index contributed by atoms with van der Waals surface area (Å²) in [4.78, 5) is 7.97. The lowest BCUT2D eigenvalue weighted by atomic mass is 9.99. The fourth-order valence-corrected chi connectivity index (χ4v) is 5.43. The number of hydrogen-bond acceptors (Lipinski definition) is 7. The van der Waals surface area contributed by atoms with E-state index in [-0.39, 0.29) is 18.0 Å². The van der Waals surface area contributed by atoms with Gasteiger partial charge in [0.25, 0.3) is 0 Å². The number of halogens is 2. The number of benzene rings is 1. The van der Waals surface area contributed by atoms with Gasteiger partial charge in [0.2, 0.25) is 16.7 Å². The van der Waals surface area contributed by atoms with Crippen LogP contribution in [0.25, 0.3) is 16.5 Å². The number of thiazole rings is 1. The number of piperidine rings is 1. The zero-order chi connectivity index (χ0) is 20.8. The maximum absolute atomic E-state index is 11.1. The summed E-state index contributed by atoms with van der Waals surface area (Å²) in [5.41, 5.74) is 0.837. The van der Waals surface area contributed by atoms with Crippen LogP contribution < -0.4 is 0 Å². The van der Waals surface area contributed by atoms with Gasteiger partial charge in [-0.1, -0.05) is 40.6 Å². The van der Waals surface area contributed by atoms with E-state index in [4.69, 9.17) is 27.6 Å². The van der Waals surface area contributed by atoms with Crippen molar-refractivity contribution in [3.8, 4) is 17.5 Å². The first kappa shape index (κ1) is 19.8. The maximum Gasteiger partial charge on any atom is 0.230 e. The summed E-state index contributed by atoms with van der Waals surface area (Å²) >= 11 is 14.0. The predicted molar refractivity (Wildman–Crippen MR) is 115 cm³/mol. The molecule has 2 N–H and O–H groups in total. The van der Waals surface area contributed by atoms with Gasteiger partial charge in [0.05, 0.1) is 23.3 Å². The summed E-state index contributed by atoms with van der Waals surface area (Å²) < 4.78 is 6.78. The molecule has 30 heavy (non-hydrogen) atoms. The predicted octanol–water partition coefficient (Wildman–Crippen LogP) is 4.61. The van der Waals surface area contributed by atoms with Gasteiger partial charge in [-0.2, -0.15) is 9.50 Å². The number of hydrogen-bond donors (Lipinski definition) is 2. The number of furan rings is 1. The molecule has 1 aromatic carbocycles. The van der Waals surface area contributed by atoms with Crippen LogP contribution in [-0.4, -0.2) is 48.9 Å². The third-order valence-corrected chi connectivity index (χ3v) is 6.95. The van der Waals surface area contributed by atoms with Crippen molar-refractivity contribution in [2.45, 2.75) is 25.0 Å². The van der Waals surface area contributed by atoms with E-state index in [1.165, 1.54) is 15.9 Å². The molecule has 4 aromatic rings. The lowest BCUT2D eigenvalue weighted by Crippen LogP contribution is -2.38. The van der Waals surface area contributed by atoms with Crippen LogP contribution in [0.1, 0.15) is 29.3 Å². The normalized spacial score (nSPS) is 17.0. The third kappa shape index (κ3) is 3.48. The summed E-state index contributed by atoms with van der Waals surface area (Å²) in [6.45, 7) is 1.35. The molecule has 4 heterocycles. The summed E-state index contributed by atoms with van der Waals surface area (Å²) in [5.74, 6) is 0.965. The van der Waals surface area contributed by atoms with Crippen LogP contribution >= 0.6 is 34.5 Å². The minimum Gasteiger partial charge on any atom is -0.492 e. The van der Waals surface area contributed by atoms with Gasteiger partial charge >= 0.3 is 0 Å². The van der Waals surface area contributed by atoms with Crippen LogP contribution in [-0.2, 0) is 0 Å². The number of likely N-dealkylation sites (tertiary alicyclic amines) is 1. The Labute approximate surface area is 186 Å². The smallest absolute Gasteiger partial charge is 0.230 e. The van der Waals surface area contributed by atoms with E-state index in [2.05, 4.69) is 15.0 Å². The van der Waals surface area contributed by atoms with Crippen molar-refractivity contribution in [1.29, 1.82) is 0 Å². The SMILES string of the molecule is Oc1c([C@@H](c2ccc(Cl)cc2Cl)N2CCC(O)CC2)sc2nc(-c3ccco3)nn12. The van der Waals surface area contributed by atoms with Crippen molar-refractivity contribution in [1.82, 2.24) is 19.5 Å². The van der Waals surface area contributed by atoms with E-state index in [9.17, 15) is 10.2 Å². The summed E-state index contributed by atoms with van der Waals surface area (Å²) in [5, 5.41) is 26.5. The second kappa shape index (κ2) is 7.86. The minimum atomic E-state index is -0.311. The topological polar surface area (TPSA) is 87.0 Å². The van der Waals surface area contributed by atoms with Gasteiger partial charge in [-0.05, 0) is 42.7 Å². The Morgan fingerprint density at radius 3 is 2.67 bits per heavy atom. The summed E-state index contributed by atoms with van der Waals surface area (Å²) in [6, 6.07) is 8.60. The number of rotatable bonds is 4. The molecule has 1 aliphatic heterocycles. The van der Waals surface area contributed by atoms with Crippen molar-refractivity contribution < 1.29 is 14.6 Å². The Hall–Kier alpha value is -2.10. The molecule has 3 aromatic heterocycles. The number of aliphatic hydroxyl groups is 1. The second-order valence-electron chi connectivity index (χ2n) is 7.23. The highest BCUT2D eigenvalue weighted by Crippen LogP contribution is 2.43. The monoisotopic (exact) mass is 464 g/mol. The van der Waals surface area contributed by atoms with Gasteiger partial charge in [0.1, 0.15) is 0 Å². The van der Waals surface area contributed by atoms with Gasteiger partial charge in [0.15, 0.2) is 5.76 Å². The van der Waals surface area contributed by atoms with E-state index in [0.717, 1.165) is 5.56 Å². The molecule has 0 spiro atoms. The summed E-state index contributed by atoms with van der Waals surface area (Å²) in [7, 11) is 0. The first-order chi connectivity index (χ1) is 14.5. The van der Waals surface area contributed by atoms with Crippen molar-refractivity contribution in [3.05, 3.63) is 57.1 Å². The first-order valence-corrected chi connectivity index (χ1v) is 11.1. The van der Waals surface area contributed by atoms with Crippen LogP contribution in [0.2, 0.25) is 10.0 Å².